The number of carbonyl (C=O) groups excluding carboxylic acids is 3. The molecule has 7 heteroatoms. The summed E-state index contributed by atoms with van der Waals surface area (Å²) in [6.07, 6.45) is -0.423. The molecule has 0 saturated carbocycles. The highest BCUT2D eigenvalue weighted by atomic mass is 19.1. The van der Waals surface area contributed by atoms with Crippen LogP contribution < -0.4 is 4.90 Å². The van der Waals surface area contributed by atoms with Crippen LogP contribution in [-0.4, -0.2) is 30.3 Å². The van der Waals surface area contributed by atoms with Gasteiger partial charge in [-0.25, -0.2) is 8.78 Å². The molecule has 106 valence electrons. The number of esters is 1. The molecule has 0 unspecified atom stereocenters. The number of fused-ring (bicyclic) bond motifs is 1. The average Bonchev–Trinajstić information content (AvgIpc) is 2.59. The van der Waals surface area contributed by atoms with E-state index < -0.39 is 53.2 Å². The number of carbonyl (C=O) groups is 3. The summed E-state index contributed by atoms with van der Waals surface area (Å²) in [6, 6.07) is 1.55. The summed E-state index contributed by atoms with van der Waals surface area (Å²) in [6.45, 7) is 2.56. The standard InChI is InChI=1S/C13H11F2NO4/c1-6(2)20-9(17)5-16-11-8(15)4-3-7(14)10(11)12(18)13(16)19/h3-4,6H,5H2,1-2H3. The maximum absolute atomic E-state index is 13.7. The van der Waals surface area contributed by atoms with Crippen molar-refractivity contribution in [2.24, 2.45) is 0 Å². The lowest BCUT2D eigenvalue weighted by atomic mass is 10.1. The minimum Gasteiger partial charge on any atom is -0.462 e. The molecule has 0 spiro atoms. The molecule has 1 aliphatic heterocycles. The molecule has 0 aliphatic carbocycles. The fourth-order valence-corrected chi connectivity index (χ4v) is 1.93. The van der Waals surface area contributed by atoms with Gasteiger partial charge in [-0.2, -0.15) is 0 Å². The van der Waals surface area contributed by atoms with E-state index in [1.54, 1.807) is 13.8 Å². The largest absolute Gasteiger partial charge is 0.462 e. The zero-order valence-corrected chi connectivity index (χ0v) is 10.8. The lowest BCUT2D eigenvalue weighted by Crippen LogP contribution is -2.36. The quantitative estimate of drug-likeness (QED) is 0.622. The second-order valence-corrected chi connectivity index (χ2v) is 4.51. The molecule has 0 bridgehead atoms. The van der Waals surface area contributed by atoms with E-state index in [2.05, 4.69) is 0 Å². The highest BCUT2D eigenvalue weighted by molar-refractivity contribution is 6.52. The van der Waals surface area contributed by atoms with Crippen LogP contribution in [0, 0.1) is 11.6 Å². The van der Waals surface area contributed by atoms with Crippen LogP contribution >= 0.6 is 0 Å². The highest BCUT2D eigenvalue weighted by Crippen LogP contribution is 2.33. The number of benzene rings is 1. The number of hydrogen-bond donors (Lipinski definition) is 0. The van der Waals surface area contributed by atoms with Crippen LogP contribution in [0.3, 0.4) is 0 Å². The van der Waals surface area contributed by atoms with Gasteiger partial charge in [-0.1, -0.05) is 0 Å². The number of ketones is 1. The molecular weight excluding hydrogens is 272 g/mol. The number of hydrogen-bond acceptors (Lipinski definition) is 4. The summed E-state index contributed by atoms with van der Waals surface area (Å²) < 4.78 is 32.1. The van der Waals surface area contributed by atoms with Crippen molar-refractivity contribution in [1.29, 1.82) is 0 Å². The summed E-state index contributed by atoms with van der Waals surface area (Å²) >= 11 is 0. The third kappa shape index (κ3) is 2.26. The van der Waals surface area contributed by atoms with Crippen LogP contribution in [0.15, 0.2) is 12.1 Å². The van der Waals surface area contributed by atoms with E-state index >= 15 is 0 Å². The number of amides is 1. The van der Waals surface area contributed by atoms with Gasteiger partial charge in [-0.15, -0.1) is 0 Å². The molecule has 0 fully saturated rings. The molecule has 0 radical (unpaired) electrons. The molecule has 1 amide bonds. The summed E-state index contributed by atoms with van der Waals surface area (Å²) in [5.74, 6) is -5.07. The molecule has 0 atom stereocenters. The van der Waals surface area contributed by atoms with Crippen molar-refractivity contribution in [2.75, 3.05) is 11.4 Å². The molecule has 2 rings (SSSR count). The number of halogens is 2. The Kier molecular flexibility index (Phi) is 3.52. The van der Waals surface area contributed by atoms with Gasteiger partial charge in [-0.05, 0) is 26.0 Å². The minimum atomic E-state index is -1.17. The van der Waals surface area contributed by atoms with Gasteiger partial charge in [0, 0.05) is 0 Å². The van der Waals surface area contributed by atoms with Gasteiger partial charge in [0.2, 0.25) is 0 Å². The topological polar surface area (TPSA) is 63.7 Å². The van der Waals surface area contributed by atoms with Crippen molar-refractivity contribution in [3.8, 4) is 0 Å². The normalized spacial score (nSPS) is 13.9. The summed E-state index contributed by atoms with van der Waals surface area (Å²) in [5, 5.41) is 0. The van der Waals surface area contributed by atoms with Gasteiger partial charge in [0.1, 0.15) is 18.2 Å². The smallest absolute Gasteiger partial charge is 0.326 e. The molecule has 20 heavy (non-hydrogen) atoms. The fourth-order valence-electron chi connectivity index (χ4n) is 1.93. The monoisotopic (exact) mass is 283 g/mol. The van der Waals surface area contributed by atoms with Crippen LogP contribution in [0.25, 0.3) is 0 Å². The number of ether oxygens (including phenoxy) is 1. The Morgan fingerprint density at radius 2 is 1.85 bits per heavy atom. The van der Waals surface area contributed by atoms with E-state index in [0.29, 0.717) is 4.90 Å². The van der Waals surface area contributed by atoms with E-state index in [1.807, 2.05) is 0 Å². The van der Waals surface area contributed by atoms with E-state index in [-0.39, 0.29) is 0 Å². The Balaban J connectivity index is 2.38. The molecule has 5 nitrogen and oxygen atoms in total. The SMILES string of the molecule is CC(C)OC(=O)CN1C(=O)C(=O)c2c(F)ccc(F)c21. The number of anilines is 1. The molecule has 0 saturated heterocycles. The molecule has 0 aromatic heterocycles. The predicted octanol–water partition coefficient (Wildman–Crippen LogP) is 1.45. The molecule has 1 heterocycles. The second-order valence-electron chi connectivity index (χ2n) is 4.51. The first-order valence-electron chi connectivity index (χ1n) is 5.86. The van der Waals surface area contributed by atoms with Crippen molar-refractivity contribution < 1.29 is 27.9 Å². The first kappa shape index (κ1) is 14.1. The average molecular weight is 283 g/mol. The Morgan fingerprint density at radius 1 is 1.25 bits per heavy atom. The van der Waals surface area contributed by atoms with Crippen LogP contribution in [0.4, 0.5) is 14.5 Å². The molecular formula is C13H11F2NO4. The Bertz CT molecular complexity index is 613. The van der Waals surface area contributed by atoms with Gasteiger partial charge in [0.05, 0.1) is 17.4 Å². The molecule has 1 aromatic rings. The lowest BCUT2D eigenvalue weighted by Gasteiger charge is -2.17. The Hall–Kier alpha value is -2.31. The predicted molar refractivity (Wildman–Crippen MR) is 64.3 cm³/mol. The third-order valence-corrected chi connectivity index (χ3v) is 2.67. The number of nitrogens with zero attached hydrogens (tertiary/aromatic N) is 1. The Labute approximate surface area is 113 Å². The lowest BCUT2D eigenvalue weighted by molar-refractivity contribution is -0.146. The van der Waals surface area contributed by atoms with E-state index in [4.69, 9.17) is 4.74 Å². The fraction of sp³-hybridized carbons (Fsp3) is 0.308. The second kappa shape index (κ2) is 4.99. The number of Topliss-reactive ketones (excluding diaryl/α,β-unsaturated/α-hetero) is 1. The van der Waals surface area contributed by atoms with Crippen LogP contribution in [-0.2, 0) is 14.3 Å². The van der Waals surface area contributed by atoms with Crippen LogP contribution in [0.2, 0.25) is 0 Å². The zero-order valence-electron chi connectivity index (χ0n) is 10.8. The van der Waals surface area contributed by atoms with Gasteiger partial charge in [0.25, 0.3) is 11.7 Å². The van der Waals surface area contributed by atoms with E-state index in [1.165, 1.54) is 0 Å². The number of rotatable bonds is 3. The third-order valence-electron chi connectivity index (χ3n) is 2.67. The molecule has 1 aromatic carbocycles. The van der Waals surface area contributed by atoms with Crippen molar-refractivity contribution in [2.45, 2.75) is 20.0 Å². The van der Waals surface area contributed by atoms with Crippen LogP contribution in [0.1, 0.15) is 24.2 Å². The van der Waals surface area contributed by atoms with Crippen molar-refractivity contribution in [3.05, 3.63) is 29.3 Å². The van der Waals surface area contributed by atoms with Gasteiger partial charge in [-0.3, -0.25) is 19.3 Å². The van der Waals surface area contributed by atoms with Crippen LogP contribution in [0.5, 0.6) is 0 Å². The summed E-state index contributed by atoms with van der Waals surface area (Å²) in [4.78, 5) is 35.5. The molecule has 0 N–H and O–H groups in total. The van der Waals surface area contributed by atoms with Gasteiger partial charge in [0.15, 0.2) is 0 Å². The van der Waals surface area contributed by atoms with Crippen molar-refractivity contribution in [3.63, 3.8) is 0 Å². The van der Waals surface area contributed by atoms with Crippen molar-refractivity contribution >= 4 is 23.3 Å². The summed E-state index contributed by atoms with van der Waals surface area (Å²) in [7, 11) is 0. The first-order valence-corrected chi connectivity index (χ1v) is 5.86. The maximum Gasteiger partial charge on any atom is 0.326 e. The summed E-state index contributed by atoms with van der Waals surface area (Å²) in [5.41, 5.74) is -1.16. The zero-order chi connectivity index (χ0) is 15.0. The van der Waals surface area contributed by atoms with Gasteiger partial charge >= 0.3 is 5.97 Å². The van der Waals surface area contributed by atoms with E-state index in [0.717, 1.165) is 12.1 Å². The van der Waals surface area contributed by atoms with E-state index in [9.17, 15) is 23.2 Å². The molecule has 1 aliphatic rings. The Morgan fingerprint density at radius 3 is 2.45 bits per heavy atom. The van der Waals surface area contributed by atoms with Crippen molar-refractivity contribution in [1.82, 2.24) is 0 Å². The minimum absolute atomic E-state index is 0.423. The first-order chi connectivity index (χ1) is 9.32. The van der Waals surface area contributed by atoms with Gasteiger partial charge < -0.3 is 4.74 Å². The maximum atomic E-state index is 13.7. The highest BCUT2D eigenvalue weighted by Gasteiger charge is 2.41.